The molecular formula is C28H30N4O5. The summed E-state index contributed by atoms with van der Waals surface area (Å²) < 4.78 is 0. The predicted octanol–water partition coefficient (Wildman–Crippen LogP) is 2.76. The largest absolute Gasteiger partial charge is 0.480 e. The number of aromatic amines is 1. The van der Waals surface area contributed by atoms with Crippen LogP contribution in [0, 0.1) is 5.92 Å². The molecule has 9 nitrogen and oxygen atoms in total. The van der Waals surface area contributed by atoms with Gasteiger partial charge in [-0.05, 0) is 36.1 Å². The molecule has 3 amide bonds. The van der Waals surface area contributed by atoms with E-state index in [4.69, 9.17) is 0 Å². The summed E-state index contributed by atoms with van der Waals surface area (Å²) in [7, 11) is 0. The molecule has 2 aromatic carbocycles. The van der Waals surface area contributed by atoms with Gasteiger partial charge in [0.1, 0.15) is 18.1 Å². The van der Waals surface area contributed by atoms with Crippen molar-refractivity contribution in [3.8, 4) is 0 Å². The second-order valence-electron chi connectivity index (χ2n) is 9.93. The Hall–Kier alpha value is -4.14. The van der Waals surface area contributed by atoms with Crippen LogP contribution in [0.15, 0.2) is 48.5 Å². The summed E-state index contributed by atoms with van der Waals surface area (Å²) in [5.41, 5.74) is 4.21. The Bertz CT molecular complexity index is 1410. The lowest BCUT2D eigenvalue weighted by molar-refractivity contribution is -0.142. The number of para-hydroxylation sites is 1. The van der Waals surface area contributed by atoms with E-state index >= 15 is 0 Å². The zero-order chi connectivity index (χ0) is 26.4. The number of hydrogen-bond donors (Lipinski definition) is 4. The number of aromatic nitrogens is 1. The molecule has 0 fully saturated rings. The molecular weight excluding hydrogens is 472 g/mol. The summed E-state index contributed by atoms with van der Waals surface area (Å²) in [6, 6.07) is 11.9. The highest BCUT2D eigenvalue weighted by molar-refractivity contribution is 6.04. The molecule has 0 spiro atoms. The van der Waals surface area contributed by atoms with Crippen LogP contribution in [0.25, 0.3) is 10.9 Å². The van der Waals surface area contributed by atoms with Crippen LogP contribution in [0.1, 0.15) is 60.4 Å². The van der Waals surface area contributed by atoms with Gasteiger partial charge in [-0.15, -0.1) is 0 Å². The number of carbonyl (C=O) groups excluding carboxylic acids is 3. The molecule has 0 radical (unpaired) electrons. The van der Waals surface area contributed by atoms with Crippen molar-refractivity contribution in [3.63, 3.8) is 0 Å². The number of H-pyrrole nitrogens is 1. The van der Waals surface area contributed by atoms with Gasteiger partial charge in [0.15, 0.2) is 0 Å². The van der Waals surface area contributed by atoms with Crippen molar-refractivity contribution in [3.05, 3.63) is 70.9 Å². The highest BCUT2D eigenvalue weighted by Gasteiger charge is 2.49. The normalized spacial score (nSPS) is 20.4. The first-order valence-corrected chi connectivity index (χ1v) is 12.6. The standard InChI is InChI=1S/C28H30N4O5/c1-4-14(2)22(26(34)29-15(3)28(36)37)31-25(33)21-13-19-16-9-7-8-12-20(16)30-23(19)24-17-10-5-6-11-18(17)27(35)32(21)24/h5-12,14-15,21-22,24,30H,4,13H2,1-3H3,(H,29,34)(H,31,33)(H,36,37). The Kier molecular flexibility index (Phi) is 6.23. The molecule has 0 saturated carbocycles. The first kappa shape index (κ1) is 24.5. The molecule has 2 aliphatic heterocycles. The monoisotopic (exact) mass is 502 g/mol. The Balaban J connectivity index is 1.53. The van der Waals surface area contributed by atoms with Crippen LogP contribution in [0.4, 0.5) is 0 Å². The third-order valence-corrected chi connectivity index (χ3v) is 7.68. The zero-order valence-electron chi connectivity index (χ0n) is 20.9. The average Bonchev–Trinajstić information content (AvgIpc) is 3.41. The fraction of sp³-hybridized carbons (Fsp3) is 0.357. The molecule has 2 aliphatic rings. The fourth-order valence-corrected chi connectivity index (χ4v) is 5.45. The van der Waals surface area contributed by atoms with Crippen molar-refractivity contribution in [1.29, 1.82) is 0 Å². The number of hydrogen-bond acceptors (Lipinski definition) is 4. The fourth-order valence-electron chi connectivity index (χ4n) is 5.45. The van der Waals surface area contributed by atoms with E-state index in [1.54, 1.807) is 11.0 Å². The zero-order valence-corrected chi connectivity index (χ0v) is 20.9. The first-order valence-electron chi connectivity index (χ1n) is 12.6. The van der Waals surface area contributed by atoms with Crippen molar-refractivity contribution < 1.29 is 24.3 Å². The van der Waals surface area contributed by atoms with E-state index in [1.807, 2.05) is 56.3 Å². The van der Waals surface area contributed by atoms with Crippen LogP contribution in [0.5, 0.6) is 0 Å². The van der Waals surface area contributed by atoms with E-state index in [0.717, 1.165) is 27.7 Å². The van der Waals surface area contributed by atoms with Crippen LogP contribution in [-0.4, -0.2) is 56.8 Å². The summed E-state index contributed by atoms with van der Waals surface area (Å²) >= 11 is 0. The van der Waals surface area contributed by atoms with E-state index in [1.165, 1.54) is 6.92 Å². The van der Waals surface area contributed by atoms with Crippen molar-refractivity contribution in [1.82, 2.24) is 20.5 Å². The smallest absolute Gasteiger partial charge is 0.325 e. The molecule has 4 N–H and O–H groups in total. The topological polar surface area (TPSA) is 132 Å². The number of fused-ring (bicyclic) bond motifs is 7. The van der Waals surface area contributed by atoms with Crippen molar-refractivity contribution >= 4 is 34.6 Å². The Morgan fingerprint density at radius 2 is 1.78 bits per heavy atom. The number of nitrogens with zero attached hydrogens (tertiary/aromatic N) is 1. The minimum absolute atomic E-state index is 0.228. The molecule has 3 aromatic rings. The van der Waals surface area contributed by atoms with Crippen LogP contribution in [0.2, 0.25) is 0 Å². The SMILES string of the molecule is CCC(C)C(NC(=O)C1Cc2c([nH]c3ccccc23)C2c3ccccc3C(=O)N12)C(=O)NC(C)C(=O)O. The predicted molar refractivity (Wildman–Crippen MR) is 137 cm³/mol. The molecule has 37 heavy (non-hydrogen) atoms. The maximum absolute atomic E-state index is 13.8. The summed E-state index contributed by atoms with van der Waals surface area (Å²) in [5, 5.41) is 15.6. The molecule has 0 aliphatic carbocycles. The van der Waals surface area contributed by atoms with Gasteiger partial charge in [-0.3, -0.25) is 19.2 Å². The lowest BCUT2D eigenvalue weighted by Gasteiger charge is -2.38. The second kappa shape index (κ2) is 9.38. The van der Waals surface area contributed by atoms with E-state index in [9.17, 15) is 24.3 Å². The van der Waals surface area contributed by atoms with E-state index < -0.39 is 42.0 Å². The summed E-state index contributed by atoms with van der Waals surface area (Å²) in [6.45, 7) is 5.10. The highest BCUT2D eigenvalue weighted by Crippen LogP contribution is 2.46. The van der Waals surface area contributed by atoms with E-state index in [0.29, 0.717) is 18.4 Å². The van der Waals surface area contributed by atoms with Gasteiger partial charge < -0.3 is 25.6 Å². The molecule has 1 aromatic heterocycles. The number of amides is 3. The minimum Gasteiger partial charge on any atom is -0.480 e. The van der Waals surface area contributed by atoms with Gasteiger partial charge in [-0.25, -0.2) is 0 Å². The number of nitrogens with one attached hydrogen (secondary N) is 3. The van der Waals surface area contributed by atoms with E-state index in [2.05, 4.69) is 15.6 Å². The number of aliphatic carboxylic acids is 1. The van der Waals surface area contributed by atoms with Crippen LogP contribution in [0.3, 0.4) is 0 Å². The minimum atomic E-state index is -1.16. The van der Waals surface area contributed by atoms with Crippen LogP contribution >= 0.6 is 0 Å². The van der Waals surface area contributed by atoms with Crippen LogP contribution < -0.4 is 10.6 Å². The summed E-state index contributed by atoms with van der Waals surface area (Å²) in [4.78, 5) is 56.8. The number of carboxylic acids is 1. The molecule has 5 unspecified atom stereocenters. The van der Waals surface area contributed by atoms with Gasteiger partial charge in [-0.2, -0.15) is 0 Å². The molecule has 5 rings (SSSR count). The molecule has 3 heterocycles. The summed E-state index contributed by atoms with van der Waals surface area (Å²) in [6.07, 6.45) is 0.884. The highest BCUT2D eigenvalue weighted by atomic mass is 16.4. The van der Waals surface area contributed by atoms with Gasteiger partial charge in [0.2, 0.25) is 11.8 Å². The van der Waals surface area contributed by atoms with Crippen molar-refractivity contribution in [2.75, 3.05) is 0 Å². The van der Waals surface area contributed by atoms with Gasteiger partial charge in [0, 0.05) is 28.6 Å². The Labute approximate surface area is 214 Å². The third kappa shape index (κ3) is 4.04. The molecule has 5 atom stereocenters. The molecule has 192 valence electrons. The maximum atomic E-state index is 13.8. The molecule has 0 bridgehead atoms. The number of rotatable bonds is 7. The van der Waals surface area contributed by atoms with Gasteiger partial charge in [0.05, 0.1) is 6.04 Å². The van der Waals surface area contributed by atoms with Crippen LogP contribution in [-0.2, 0) is 20.8 Å². The average molecular weight is 503 g/mol. The lowest BCUT2D eigenvalue weighted by atomic mass is 9.89. The van der Waals surface area contributed by atoms with Gasteiger partial charge in [0.25, 0.3) is 5.91 Å². The first-order chi connectivity index (χ1) is 17.7. The number of carbonyl (C=O) groups is 4. The van der Waals surface area contributed by atoms with Crippen molar-refractivity contribution in [2.45, 2.75) is 57.8 Å². The van der Waals surface area contributed by atoms with Crippen molar-refractivity contribution in [2.24, 2.45) is 5.92 Å². The number of carboxylic acid groups (broad SMARTS) is 1. The van der Waals surface area contributed by atoms with E-state index in [-0.39, 0.29) is 11.8 Å². The summed E-state index contributed by atoms with van der Waals surface area (Å²) in [5.74, 6) is -2.64. The third-order valence-electron chi connectivity index (χ3n) is 7.68. The molecule has 0 saturated heterocycles. The molecule has 9 heteroatoms. The Morgan fingerprint density at radius 1 is 1.08 bits per heavy atom. The van der Waals surface area contributed by atoms with Gasteiger partial charge >= 0.3 is 5.97 Å². The second-order valence-corrected chi connectivity index (χ2v) is 9.93. The van der Waals surface area contributed by atoms with Gasteiger partial charge in [-0.1, -0.05) is 56.7 Å². The quantitative estimate of drug-likeness (QED) is 0.395. The maximum Gasteiger partial charge on any atom is 0.325 e. The lowest BCUT2D eigenvalue weighted by Crippen LogP contribution is -2.59. The number of benzene rings is 2. The Morgan fingerprint density at radius 3 is 2.51 bits per heavy atom.